The smallest absolute Gasteiger partial charge is 0.201 e. The average molecular weight is 199 g/mol. The first-order valence-electron chi connectivity index (χ1n) is 4.71. The van der Waals surface area contributed by atoms with E-state index in [0.717, 1.165) is 22.3 Å². The van der Waals surface area contributed by atoms with Gasteiger partial charge < -0.3 is 0 Å². The van der Waals surface area contributed by atoms with Gasteiger partial charge in [-0.2, -0.15) is 4.52 Å². The minimum absolute atomic E-state index is 0.716. The molecule has 0 unspecified atom stereocenters. The second-order valence-corrected chi connectivity index (χ2v) is 3.55. The topological polar surface area (TPSA) is 56.0 Å². The summed E-state index contributed by atoms with van der Waals surface area (Å²) < 4.78 is 1.73. The summed E-state index contributed by atoms with van der Waals surface area (Å²) >= 11 is 0. The van der Waals surface area contributed by atoms with Gasteiger partial charge in [0.05, 0.1) is 16.7 Å². The van der Waals surface area contributed by atoms with E-state index in [9.17, 15) is 0 Å². The first-order valence-corrected chi connectivity index (χ1v) is 4.71. The lowest BCUT2D eigenvalue weighted by Crippen LogP contribution is -1.98. The van der Waals surface area contributed by atoms with Gasteiger partial charge in [0, 0.05) is 0 Å². The van der Waals surface area contributed by atoms with Crippen molar-refractivity contribution >= 4 is 16.7 Å². The molecule has 2 heterocycles. The van der Waals surface area contributed by atoms with Crippen molar-refractivity contribution in [2.75, 3.05) is 0 Å². The highest BCUT2D eigenvalue weighted by Gasteiger charge is 2.08. The molecular formula is C10H9N5. The first kappa shape index (κ1) is 8.28. The summed E-state index contributed by atoms with van der Waals surface area (Å²) in [7, 11) is 0. The monoisotopic (exact) mass is 199 g/mol. The molecule has 3 rings (SSSR count). The van der Waals surface area contributed by atoms with Crippen molar-refractivity contribution in [2.24, 2.45) is 0 Å². The van der Waals surface area contributed by atoms with E-state index >= 15 is 0 Å². The van der Waals surface area contributed by atoms with Gasteiger partial charge in [-0.3, -0.25) is 0 Å². The van der Waals surface area contributed by atoms with Crippen molar-refractivity contribution < 1.29 is 0 Å². The molecule has 5 heteroatoms. The molecule has 0 aliphatic carbocycles. The molecule has 5 nitrogen and oxygen atoms in total. The molecule has 3 aromatic rings. The standard InChI is InChI=1S/C10H9N5/c1-6-4-3-5-8-9(6)11-7(2)10-12-13-14-15(8)10/h3-5H,1-2H3. The van der Waals surface area contributed by atoms with Crippen LogP contribution in [0.4, 0.5) is 0 Å². The summed E-state index contributed by atoms with van der Waals surface area (Å²) in [5.74, 6) is 0. The molecule has 0 N–H and O–H groups in total. The van der Waals surface area contributed by atoms with Crippen LogP contribution >= 0.6 is 0 Å². The van der Waals surface area contributed by atoms with Crippen LogP contribution in [0.2, 0.25) is 0 Å². The molecule has 0 aliphatic rings. The molecule has 1 aromatic carbocycles. The summed E-state index contributed by atoms with van der Waals surface area (Å²) in [5, 5.41) is 11.6. The molecule has 0 atom stereocenters. The van der Waals surface area contributed by atoms with Crippen molar-refractivity contribution in [1.82, 2.24) is 25.0 Å². The number of tetrazole rings is 1. The lowest BCUT2D eigenvalue weighted by molar-refractivity contribution is 0.840. The molecule has 0 saturated heterocycles. The Morgan fingerprint density at radius 3 is 2.93 bits per heavy atom. The maximum absolute atomic E-state index is 4.51. The average Bonchev–Trinajstić information content (AvgIpc) is 2.69. The zero-order chi connectivity index (χ0) is 10.4. The number of para-hydroxylation sites is 1. The summed E-state index contributed by atoms with van der Waals surface area (Å²) in [6.07, 6.45) is 0. The predicted octanol–water partition coefficient (Wildman–Crippen LogP) is 1.29. The Morgan fingerprint density at radius 2 is 2.07 bits per heavy atom. The van der Waals surface area contributed by atoms with Crippen LogP contribution in [0.15, 0.2) is 18.2 Å². The number of hydrogen-bond donors (Lipinski definition) is 0. The largest absolute Gasteiger partial charge is 0.247 e. The van der Waals surface area contributed by atoms with Crippen molar-refractivity contribution in [3.05, 3.63) is 29.5 Å². The number of hydrogen-bond acceptors (Lipinski definition) is 4. The van der Waals surface area contributed by atoms with Gasteiger partial charge in [-0.15, -0.1) is 5.10 Å². The summed E-state index contributed by atoms with van der Waals surface area (Å²) in [6, 6.07) is 5.99. The third-order valence-corrected chi connectivity index (χ3v) is 2.52. The fourth-order valence-corrected chi connectivity index (χ4v) is 1.75. The Balaban J connectivity index is 2.66. The number of aromatic nitrogens is 5. The molecule has 0 amide bonds. The quantitative estimate of drug-likeness (QED) is 0.547. The van der Waals surface area contributed by atoms with Crippen LogP contribution in [0, 0.1) is 13.8 Å². The van der Waals surface area contributed by atoms with Crippen LogP contribution < -0.4 is 0 Å². The van der Waals surface area contributed by atoms with E-state index < -0.39 is 0 Å². The Labute approximate surface area is 85.7 Å². The summed E-state index contributed by atoms with van der Waals surface area (Å²) in [6.45, 7) is 3.95. The first-order chi connectivity index (χ1) is 7.27. The number of nitrogens with zero attached hydrogens (tertiary/aromatic N) is 5. The molecule has 15 heavy (non-hydrogen) atoms. The van der Waals surface area contributed by atoms with Crippen molar-refractivity contribution in [3.8, 4) is 0 Å². The highest BCUT2D eigenvalue weighted by molar-refractivity contribution is 5.80. The molecule has 0 aliphatic heterocycles. The second-order valence-electron chi connectivity index (χ2n) is 3.55. The normalized spacial score (nSPS) is 11.3. The SMILES string of the molecule is Cc1cccc2c1nc(C)c1nnnn12. The number of benzene rings is 1. The fourth-order valence-electron chi connectivity index (χ4n) is 1.75. The number of aryl methyl sites for hydroxylation is 2. The maximum Gasteiger partial charge on any atom is 0.201 e. The van der Waals surface area contributed by atoms with Crippen molar-refractivity contribution in [3.63, 3.8) is 0 Å². The van der Waals surface area contributed by atoms with Crippen LogP contribution in [-0.4, -0.2) is 25.0 Å². The van der Waals surface area contributed by atoms with Crippen LogP contribution in [-0.2, 0) is 0 Å². The van der Waals surface area contributed by atoms with Crippen molar-refractivity contribution in [1.29, 1.82) is 0 Å². The Bertz CT molecular complexity index is 655. The van der Waals surface area contributed by atoms with Crippen LogP contribution in [0.3, 0.4) is 0 Å². The zero-order valence-electron chi connectivity index (χ0n) is 8.47. The zero-order valence-corrected chi connectivity index (χ0v) is 8.47. The molecule has 0 radical (unpaired) electrons. The fraction of sp³-hybridized carbons (Fsp3) is 0.200. The van der Waals surface area contributed by atoms with E-state index in [2.05, 4.69) is 20.5 Å². The Morgan fingerprint density at radius 1 is 1.20 bits per heavy atom. The van der Waals surface area contributed by atoms with E-state index in [1.54, 1.807) is 4.52 Å². The Kier molecular flexibility index (Phi) is 1.50. The van der Waals surface area contributed by atoms with Gasteiger partial charge in [-0.25, -0.2) is 4.98 Å². The van der Waals surface area contributed by atoms with Gasteiger partial charge in [-0.05, 0) is 35.9 Å². The third-order valence-electron chi connectivity index (χ3n) is 2.52. The van der Waals surface area contributed by atoms with Crippen LogP contribution in [0.5, 0.6) is 0 Å². The maximum atomic E-state index is 4.51. The van der Waals surface area contributed by atoms with E-state index in [0.29, 0.717) is 5.65 Å². The molecule has 0 saturated carbocycles. The van der Waals surface area contributed by atoms with E-state index in [1.807, 2.05) is 32.0 Å². The van der Waals surface area contributed by atoms with Crippen LogP contribution in [0.1, 0.15) is 11.3 Å². The molecule has 0 bridgehead atoms. The molecular weight excluding hydrogens is 190 g/mol. The lowest BCUT2D eigenvalue weighted by atomic mass is 10.2. The van der Waals surface area contributed by atoms with Gasteiger partial charge in [0.1, 0.15) is 0 Å². The highest BCUT2D eigenvalue weighted by atomic mass is 15.5. The Hall–Kier alpha value is -2.04. The summed E-state index contributed by atoms with van der Waals surface area (Å²) in [4.78, 5) is 4.51. The molecule has 2 aromatic heterocycles. The molecule has 74 valence electrons. The molecule has 0 spiro atoms. The minimum Gasteiger partial charge on any atom is -0.247 e. The van der Waals surface area contributed by atoms with Gasteiger partial charge in [0.2, 0.25) is 5.65 Å². The van der Waals surface area contributed by atoms with Gasteiger partial charge in [0.25, 0.3) is 0 Å². The predicted molar refractivity (Wildman–Crippen MR) is 55.6 cm³/mol. The second kappa shape index (κ2) is 2.73. The van der Waals surface area contributed by atoms with E-state index in [-0.39, 0.29) is 0 Å². The minimum atomic E-state index is 0.716. The number of rotatable bonds is 0. The van der Waals surface area contributed by atoms with Gasteiger partial charge >= 0.3 is 0 Å². The van der Waals surface area contributed by atoms with E-state index in [1.165, 1.54) is 0 Å². The van der Waals surface area contributed by atoms with E-state index in [4.69, 9.17) is 0 Å². The highest BCUT2D eigenvalue weighted by Crippen LogP contribution is 2.17. The summed E-state index contributed by atoms with van der Waals surface area (Å²) in [5.41, 5.74) is 4.60. The van der Waals surface area contributed by atoms with Crippen molar-refractivity contribution in [2.45, 2.75) is 13.8 Å². The number of fused-ring (bicyclic) bond motifs is 3. The van der Waals surface area contributed by atoms with Gasteiger partial charge in [-0.1, -0.05) is 12.1 Å². The lowest BCUT2D eigenvalue weighted by Gasteiger charge is -2.03. The van der Waals surface area contributed by atoms with Gasteiger partial charge in [0.15, 0.2) is 0 Å². The molecule has 0 fully saturated rings. The van der Waals surface area contributed by atoms with Crippen LogP contribution in [0.25, 0.3) is 16.7 Å². The third kappa shape index (κ3) is 1.03.